The van der Waals surface area contributed by atoms with Gasteiger partial charge in [-0.25, -0.2) is 0 Å². The first kappa shape index (κ1) is 33.5. The molecule has 47 heavy (non-hydrogen) atoms. The predicted octanol–water partition coefficient (Wildman–Crippen LogP) is 8.56. The number of amides is 1. The highest BCUT2D eigenvalue weighted by Crippen LogP contribution is 2.66. The maximum absolute atomic E-state index is 13.9. The van der Waals surface area contributed by atoms with E-state index in [1.165, 1.54) is 6.42 Å². The molecule has 6 atom stereocenters. The Balaban J connectivity index is 1.13. The normalized spacial score (nSPS) is 25.4. The highest BCUT2D eigenvalue weighted by Gasteiger charge is 2.68. The van der Waals surface area contributed by atoms with E-state index < -0.39 is 13.0 Å². The lowest BCUT2D eigenvalue weighted by molar-refractivity contribution is -0.199. The van der Waals surface area contributed by atoms with Gasteiger partial charge in [0.25, 0.3) is 0 Å². The van der Waals surface area contributed by atoms with E-state index >= 15 is 0 Å². The fourth-order valence-corrected chi connectivity index (χ4v) is 8.45. The van der Waals surface area contributed by atoms with Crippen LogP contribution in [0.4, 0.5) is 5.69 Å². The number of Topliss-reactive ketones (excluding diaryl/α,β-unsaturated/α-hetero) is 1. The number of nitrogens with one attached hydrogen (secondary N) is 1. The second-order valence-corrected chi connectivity index (χ2v) is 15.4. The zero-order valence-electron chi connectivity index (χ0n) is 28.6. The summed E-state index contributed by atoms with van der Waals surface area (Å²) in [5.41, 5.74) is 2.70. The number of carbonyl (C=O) groups is 2. The Morgan fingerprint density at radius 3 is 2.30 bits per heavy atom. The maximum atomic E-state index is 13.9. The van der Waals surface area contributed by atoms with Crippen LogP contribution in [0.5, 0.6) is 5.75 Å². The van der Waals surface area contributed by atoms with E-state index in [2.05, 4.69) is 39.9 Å². The van der Waals surface area contributed by atoms with Crippen molar-refractivity contribution in [3.63, 3.8) is 0 Å². The number of rotatable bonds is 14. The molecule has 7 heteroatoms. The highest BCUT2D eigenvalue weighted by atomic mass is 16.7. The van der Waals surface area contributed by atoms with Crippen LogP contribution in [0.15, 0.2) is 84.9 Å². The molecule has 4 aliphatic rings. The molecule has 4 fully saturated rings. The van der Waals surface area contributed by atoms with Crippen LogP contribution in [-0.2, 0) is 31.9 Å². The molecular formula is C40H50BNO5. The van der Waals surface area contributed by atoms with Gasteiger partial charge in [0.2, 0.25) is 5.91 Å². The number of hydrogen-bond donors (Lipinski definition) is 1. The first-order valence-electron chi connectivity index (χ1n) is 17.5. The van der Waals surface area contributed by atoms with Crippen molar-refractivity contribution in [1.82, 2.24) is 0 Å². The van der Waals surface area contributed by atoms with Gasteiger partial charge < -0.3 is 19.4 Å². The summed E-state index contributed by atoms with van der Waals surface area (Å²) in [5.74, 6) is 1.54. The molecule has 1 unspecified atom stereocenters. The Kier molecular flexibility index (Phi) is 9.96. The molecule has 2 bridgehead atoms. The van der Waals surface area contributed by atoms with Crippen molar-refractivity contribution in [2.75, 3.05) is 5.32 Å². The van der Waals surface area contributed by atoms with Crippen LogP contribution in [0.25, 0.3) is 0 Å². The average Bonchev–Trinajstić information content (AvgIpc) is 3.41. The lowest BCUT2D eigenvalue weighted by Gasteiger charge is -2.64. The molecule has 0 radical (unpaired) electrons. The molecule has 1 saturated heterocycles. The van der Waals surface area contributed by atoms with Crippen LogP contribution in [0.3, 0.4) is 0 Å². The molecule has 3 aromatic carbocycles. The number of carbonyl (C=O) groups excluding carboxylic acids is 2. The van der Waals surface area contributed by atoms with Crippen LogP contribution in [0.2, 0.25) is 5.82 Å². The summed E-state index contributed by atoms with van der Waals surface area (Å²) in [5, 5.41) is 3.08. The molecule has 0 aromatic heterocycles. The van der Waals surface area contributed by atoms with Gasteiger partial charge in [-0.15, -0.1) is 0 Å². The number of hydrogen-bond acceptors (Lipinski definition) is 5. The maximum Gasteiger partial charge on any atom is 0.461 e. The largest absolute Gasteiger partial charge is 0.489 e. The van der Waals surface area contributed by atoms with Crippen LogP contribution >= 0.6 is 0 Å². The Bertz CT molecular complexity index is 1530. The average molecular weight is 636 g/mol. The minimum atomic E-state index is -0.517. The Hall–Kier alpha value is -3.42. The third kappa shape index (κ3) is 7.52. The molecule has 0 spiro atoms. The van der Waals surface area contributed by atoms with Crippen molar-refractivity contribution < 1.29 is 23.6 Å². The van der Waals surface area contributed by atoms with Gasteiger partial charge in [-0.05, 0) is 79.0 Å². The molecule has 1 aliphatic heterocycles. The lowest BCUT2D eigenvalue weighted by atomic mass is 9.43. The minimum Gasteiger partial charge on any atom is -0.489 e. The number of anilines is 1. The van der Waals surface area contributed by atoms with Crippen LogP contribution in [-0.4, -0.2) is 30.5 Å². The Morgan fingerprint density at radius 2 is 1.62 bits per heavy atom. The number of ether oxygens (including phenoxy) is 1. The van der Waals surface area contributed by atoms with Gasteiger partial charge in [0.05, 0.1) is 11.7 Å². The van der Waals surface area contributed by atoms with E-state index in [4.69, 9.17) is 14.0 Å². The quantitative estimate of drug-likeness (QED) is 0.180. The second-order valence-electron chi connectivity index (χ2n) is 15.4. The Labute approximate surface area is 281 Å². The number of ketones is 1. The third-order valence-electron chi connectivity index (χ3n) is 11.1. The predicted molar refractivity (Wildman–Crippen MR) is 187 cm³/mol. The summed E-state index contributed by atoms with van der Waals surface area (Å²) in [6.45, 7) is 11.8. The zero-order valence-corrected chi connectivity index (χ0v) is 28.6. The van der Waals surface area contributed by atoms with E-state index in [1.54, 1.807) is 0 Å². The van der Waals surface area contributed by atoms with Crippen molar-refractivity contribution in [1.29, 1.82) is 0 Å². The minimum absolute atomic E-state index is 0.0517. The third-order valence-corrected chi connectivity index (χ3v) is 11.1. The van der Waals surface area contributed by atoms with Crippen LogP contribution < -0.4 is 10.1 Å². The summed E-state index contributed by atoms with van der Waals surface area (Å²) < 4.78 is 19.5. The van der Waals surface area contributed by atoms with Gasteiger partial charge in [-0.1, -0.05) is 94.4 Å². The van der Waals surface area contributed by atoms with Crippen LogP contribution in [0, 0.1) is 29.1 Å². The zero-order chi connectivity index (χ0) is 33.2. The van der Waals surface area contributed by atoms with Gasteiger partial charge in [-0.2, -0.15) is 0 Å². The molecular weight excluding hydrogens is 585 g/mol. The van der Waals surface area contributed by atoms with Crippen molar-refractivity contribution >= 4 is 24.5 Å². The molecule has 1 heterocycles. The molecule has 3 aliphatic carbocycles. The molecule has 6 nitrogen and oxygen atoms in total. The standard InChI is InChI=1S/C40H50BNO5/c1-27(2)19-32(41-46-37-23-31-22-36(39(31,3)4)40(37,5)47-41)24-34(43)21-30(20-28-13-8-6-9-14-28)38(44)42-33-17-12-18-35(25-33)45-26-29-15-10-7-11-16-29/h6-18,25,27,30-32,36-37H,19-24,26H2,1-5H3,(H,42,44)/t30-,31-,32-,36-,37?,40-/m1/s1. The first-order chi connectivity index (χ1) is 22.5. The summed E-state index contributed by atoms with van der Waals surface area (Å²) in [7, 11) is -0.397. The van der Waals surface area contributed by atoms with Crippen molar-refractivity contribution in [3.05, 3.63) is 96.1 Å². The summed E-state index contributed by atoms with van der Waals surface area (Å²) >= 11 is 0. The van der Waals surface area contributed by atoms with Gasteiger partial charge in [-0.3, -0.25) is 9.59 Å². The van der Waals surface area contributed by atoms with Crippen LogP contribution in [0.1, 0.15) is 77.8 Å². The summed E-state index contributed by atoms with van der Waals surface area (Å²) in [6.07, 6.45) is 4.11. The van der Waals surface area contributed by atoms with E-state index in [9.17, 15) is 9.59 Å². The first-order valence-corrected chi connectivity index (χ1v) is 17.5. The highest BCUT2D eigenvalue weighted by molar-refractivity contribution is 6.47. The van der Waals surface area contributed by atoms with E-state index in [0.717, 1.165) is 24.0 Å². The van der Waals surface area contributed by atoms with Crippen molar-refractivity contribution in [2.24, 2.45) is 29.1 Å². The SMILES string of the molecule is CC(C)C[C@H](CC(=O)C[C@@H](Cc1ccccc1)C(=O)Nc1cccc(OCc2ccccc2)c1)B1OC2C[C@H]3C[C@H](C3(C)C)[C@@]2(C)O1. The van der Waals surface area contributed by atoms with E-state index in [-0.39, 0.29) is 41.0 Å². The molecule has 3 saturated carbocycles. The molecule has 3 aromatic rings. The van der Waals surface area contributed by atoms with Gasteiger partial charge in [0, 0.05) is 36.3 Å². The summed E-state index contributed by atoms with van der Waals surface area (Å²) in [4.78, 5) is 27.7. The summed E-state index contributed by atoms with van der Waals surface area (Å²) in [6, 6.07) is 27.4. The fourth-order valence-electron chi connectivity index (χ4n) is 8.45. The molecule has 1 amide bonds. The molecule has 7 rings (SSSR count). The second kappa shape index (κ2) is 14.0. The van der Waals surface area contributed by atoms with Gasteiger partial charge >= 0.3 is 7.12 Å². The van der Waals surface area contributed by atoms with E-state index in [0.29, 0.717) is 48.6 Å². The Morgan fingerprint density at radius 1 is 0.915 bits per heavy atom. The molecule has 1 N–H and O–H groups in total. The van der Waals surface area contributed by atoms with Gasteiger partial charge in [0.1, 0.15) is 18.1 Å². The van der Waals surface area contributed by atoms with Gasteiger partial charge in [0.15, 0.2) is 0 Å². The van der Waals surface area contributed by atoms with E-state index in [1.807, 2.05) is 84.9 Å². The lowest BCUT2D eigenvalue weighted by Crippen LogP contribution is -2.65. The monoisotopic (exact) mass is 635 g/mol. The van der Waals surface area contributed by atoms with Crippen molar-refractivity contribution in [3.8, 4) is 5.75 Å². The molecule has 248 valence electrons. The fraction of sp³-hybridized carbons (Fsp3) is 0.500. The van der Waals surface area contributed by atoms with Crippen molar-refractivity contribution in [2.45, 2.75) is 97.3 Å². The smallest absolute Gasteiger partial charge is 0.461 e. The number of benzene rings is 3. The topological polar surface area (TPSA) is 73.9 Å².